The molecule has 1 atom stereocenters. The molecule has 0 spiro atoms. The molecule has 7 nitrogen and oxygen atoms in total. The SMILES string of the molecule is CC1C(=O)NCCCN1C(=O)NCCOc1ccc(C#N)cc1. The molecular formula is C16H20N4O3. The first kappa shape index (κ1) is 16.6. The van der Waals surface area contributed by atoms with Crippen molar-refractivity contribution in [1.82, 2.24) is 15.5 Å². The highest BCUT2D eigenvalue weighted by Gasteiger charge is 2.27. The number of rotatable bonds is 4. The fourth-order valence-corrected chi connectivity index (χ4v) is 2.28. The molecule has 1 saturated heterocycles. The summed E-state index contributed by atoms with van der Waals surface area (Å²) in [7, 11) is 0. The van der Waals surface area contributed by atoms with Crippen LogP contribution in [0.3, 0.4) is 0 Å². The second kappa shape index (κ2) is 8.03. The summed E-state index contributed by atoms with van der Waals surface area (Å²) in [6, 6.07) is 8.06. The normalized spacial score (nSPS) is 17.7. The zero-order valence-corrected chi connectivity index (χ0v) is 13.0. The van der Waals surface area contributed by atoms with E-state index in [2.05, 4.69) is 10.6 Å². The number of carbonyl (C=O) groups excluding carboxylic acids is 2. The molecule has 23 heavy (non-hydrogen) atoms. The van der Waals surface area contributed by atoms with Crippen LogP contribution in [0.1, 0.15) is 18.9 Å². The number of hydrogen-bond donors (Lipinski definition) is 2. The Balaban J connectivity index is 1.75. The van der Waals surface area contributed by atoms with E-state index in [4.69, 9.17) is 10.00 Å². The number of benzene rings is 1. The van der Waals surface area contributed by atoms with Crippen molar-refractivity contribution >= 4 is 11.9 Å². The van der Waals surface area contributed by atoms with E-state index >= 15 is 0 Å². The summed E-state index contributed by atoms with van der Waals surface area (Å²) >= 11 is 0. The van der Waals surface area contributed by atoms with Crippen LogP contribution in [-0.4, -0.2) is 49.1 Å². The molecule has 0 bridgehead atoms. The number of ether oxygens (including phenoxy) is 1. The van der Waals surface area contributed by atoms with Crippen LogP contribution in [0.15, 0.2) is 24.3 Å². The van der Waals surface area contributed by atoms with Crippen molar-refractivity contribution in [2.24, 2.45) is 0 Å². The predicted octanol–water partition coefficient (Wildman–Crippen LogP) is 0.857. The van der Waals surface area contributed by atoms with Gasteiger partial charge in [0.15, 0.2) is 0 Å². The molecule has 1 aliphatic rings. The van der Waals surface area contributed by atoms with Crippen molar-refractivity contribution in [2.45, 2.75) is 19.4 Å². The van der Waals surface area contributed by atoms with Gasteiger partial charge in [-0.05, 0) is 37.6 Å². The Bertz CT molecular complexity index is 594. The van der Waals surface area contributed by atoms with E-state index in [1.165, 1.54) is 4.90 Å². The van der Waals surface area contributed by atoms with Crippen LogP contribution in [0.4, 0.5) is 4.79 Å². The molecule has 0 aliphatic carbocycles. The number of urea groups is 1. The van der Waals surface area contributed by atoms with Crippen molar-refractivity contribution in [2.75, 3.05) is 26.2 Å². The van der Waals surface area contributed by atoms with Crippen molar-refractivity contribution < 1.29 is 14.3 Å². The minimum atomic E-state index is -0.475. The summed E-state index contributed by atoms with van der Waals surface area (Å²) in [6.07, 6.45) is 0.741. The number of nitriles is 1. The topological polar surface area (TPSA) is 94.5 Å². The van der Waals surface area contributed by atoms with Gasteiger partial charge in [0.2, 0.25) is 5.91 Å². The van der Waals surface area contributed by atoms with Gasteiger partial charge in [-0.3, -0.25) is 4.79 Å². The van der Waals surface area contributed by atoms with Crippen molar-refractivity contribution in [3.05, 3.63) is 29.8 Å². The molecular weight excluding hydrogens is 296 g/mol. The Morgan fingerprint density at radius 3 is 2.91 bits per heavy atom. The first-order chi connectivity index (χ1) is 11.1. The average Bonchev–Trinajstić information content (AvgIpc) is 2.74. The molecule has 1 unspecified atom stereocenters. The first-order valence-electron chi connectivity index (χ1n) is 7.57. The average molecular weight is 316 g/mol. The highest BCUT2D eigenvalue weighted by molar-refractivity contribution is 5.87. The van der Waals surface area contributed by atoms with E-state index in [1.807, 2.05) is 6.07 Å². The molecule has 2 rings (SSSR count). The molecule has 3 amide bonds. The summed E-state index contributed by atoms with van der Waals surface area (Å²) in [5.74, 6) is 0.507. The highest BCUT2D eigenvalue weighted by Crippen LogP contribution is 2.11. The van der Waals surface area contributed by atoms with Gasteiger partial charge in [-0.2, -0.15) is 5.26 Å². The molecule has 0 saturated carbocycles. The fraction of sp³-hybridized carbons (Fsp3) is 0.438. The number of nitrogens with zero attached hydrogens (tertiary/aromatic N) is 2. The maximum Gasteiger partial charge on any atom is 0.318 e. The van der Waals surface area contributed by atoms with Gasteiger partial charge in [0.1, 0.15) is 18.4 Å². The molecule has 1 aromatic rings. The Morgan fingerprint density at radius 1 is 1.48 bits per heavy atom. The van der Waals surface area contributed by atoms with Gasteiger partial charge in [-0.15, -0.1) is 0 Å². The standard InChI is InChI=1S/C16H20N4O3/c1-12-15(21)18-7-2-9-20(12)16(22)19-8-10-23-14-5-3-13(11-17)4-6-14/h3-6,12H,2,7-10H2,1H3,(H,18,21)(H,19,22). The minimum absolute atomic E-state index is 0.133. The monoisotopic (exact) mass is 316 g/mol. The summed E-state index contributed by atoms with van der Waals surface area (Å²) in [6.45, 7) is 3.50. The number of amides is 3. The molecule has 1 aliphatic heterocycles. The van der Waals surface area contributed by atoms with Crippen LogP contribution in [-0.2, 0) is 4.79 Å². The van der Waals surface area contributed by atoms with Gasteiger partial charge in [0.25, 0.3) is 0 Å². The molecule has 2 N–H and O–H groups in total. The molecule has 1 heterocycles. The highest BCUT2D eigenvalue weighted by atomic mass is 16.5. The lowest BCUT2D eigenvalue weighted by atomic mass is 10.2. The van der Waals surface area contributed by atoms with Crippen molar-refractivity contribution in [1.29, 1.82) is 5.26 Å². The lowest BCUT2D eigenvalue weighted by molar-refractivity contribution is -0.124. The molecule has 1 aromatic carbocycles. The van der Waals surface area contributed by atoms with Crippen LogP contribution in [0.2, 0.25) is 0 Å². The van der Waals surface area contributed by atoms with Crippen LogP contribution in [0.5, 0.6) is 5.75 Å². The van der Waals surface area contributed by atoms with E-state index < -0.39 is 6.04 Å². The lowest BCUT2D eigenvalue weighted by Crippen LogP contribution is -2.50. The van der Waals surface area contributed by atoms with E-state index in [-0.39, 0.29) is 11.9 Å². The number of carbonyl (C=O) groups is 2. The zero-order chi connectivity index (χ0) is 16.7. The summed E-state index contributed by atoms with van der Waals surface area (Å²) < 4.78 is 5.49. The van der Waals surface area contributed by atoms with Gasteiger partial charge in [0.05, 0.1) is 18.2 Å². The van der Waals surface area contributed by atoms with Crippen LogP contribution < -0.4 is 15.4 Å². The van der Waals surface area contributed by atoms with Crippen molar-refractivity contribution in [3.8, 4) is 11.8 Å². The zero-order valence-electron chi connectivity index (χ0n) is 13.0. The smallest absolute Gasteiger partial charge is 0.318 e. The Morgan fingerprint density at radius 2 is 2.22 bits per heavy atom. The lowest BCUT2D eigenvalue weighted by Gasteiger charge is -2.25. The van der Waals surface area contributed by atoms with Crippen LogP contribution in [0.25, 0.3) is 0 Å². The molecule has 122 valence electrons. The first-order valence-corrected chi connectivity index (χ1v) is 7.57. The van der Waals surface area contributed by atoms with E-state index in [9.17, 15) is 9.59 Å². The minimum Gasteiger partial charge on any atom is -0.492 e. The summed E-state index contributed by atoms with van der Waals surface area (Å²) in [5, 5.41) is 14.2. The second-order valence-electron chi connectivity index (χ2n) is 5.23. The summed E-state index contributed by atoms with van der Waals surface area (Å²) in [5.41, 5.74) is 0.569. The number of hydrogen-bond acceptors (Lipinski definition) is 4. The molecule has 0 radical (unpaired) electrons. The van der Waals surface area contributed by atoms with Gasteiger partial charge in [-0.25, -0.2) is 4.79 Å². The van der Waals surface area contributed by atoms with Crippen LogP contribution >= 0.6 is 0 Å². The third kappa shape index (κ3) is 4.61. The molecule has 1 fully saturated rings. The fourth-order valence-electron chi connectivity index (χ4n) is 2.28. The van der Waals surface area contributed by atoms with Crippen molar-refractivity contribution in [3.63, 3.8) is 0 Å². The third-order valence-corrected chi connectivity index (χ3v) is 3.61. The Labute approximate surface area is 135 Å². The maximum absolute atomic E-state index is 12.1. The molecule has 0 aromatic heterocycles. The second-order valence-corrected chi connectivity index (χ2v) is 5.23. The maximum atomic E-state index is 12.1. The van der Waals surface area contributed by atoms with Gasteiger partial charge in [0, 0.05) is 13.1 Å². The van der Waals surface area contributed by atoms with Gasteiger partial charge < -0.3 is 20.3 Å². The Hall–Kier alpha value is -2.75. The van der Waals surface area contributed by atoms with Gasteiger partial charge in [-0.1, -0.05) is 0 Å². The van der Waals surface area contributed by atoms with E-state index in [0.29, 0.717) is 37.6 Å². The van der Waals surface area contributed by atoms with Gasteiger partial charge >= 0.3 is 6.03 Å². The third-order valence-electron chi connectivity index (χ3n) is 3.61. The predicted molar refractivity (Wildman–Crippen MR) is 83.8 cm³/mol. The van der Waals surface area contributed by atoms with Crippen LogP contribution in [0, 0.1) is 11.3 Å². The summed E-state index contributed by atoms with van der Waals surface area (Å²) in [4.78, 5) is 25.4. The van der Waals surface area contributed by atoms with E-state index in [1.54, 1.807) is 31.2 Å². The number of nitrogens with one attached hydrogen (secondary N) is 2. The largest absolute Gasteiger partial charge is 0.492 e. The van der Waals surface area contributed by atoms with E-state index in [0.717, 1.165) is 6.42 Å². The Kier molecular flexibility index (Phi) is 5.80. The molecule has 7 heteroatoms. The quantitative estimate of drug-likeness (QED) is 0.805.